The maximum Gasteiger partial charge on any atom is 0.119 e. The highest BCUT2D eigenvalue weighted by Crippen LogP contribution is 2.40. The Hall–Kier alpha value is -0.330. The summed E-state index contributed by atoms with van der Waals surface area (Å²) in [4.78, 5) is 10.2. The van der Waals surface area contributed by atoms with Gasteiger partial charge in [0.1, 0.15) is 6.29 Å². The summed E-state index contributed by atoms with van der Waals surface area (Å²) in [5.74, 6) is 1.82. The van der Waals surface area contributed by atoms with E-state index in [1.165, 1.54) is 32.1 Å². The van der Waals surface area contributed by atoms with E-state index in [1.807, 2.05) is 0 Å². The van der Waals surface area contributed by atoms with E-state index in [1.54, 1.807) is 0 Å². The third kappa shape index (κ3) is 4.36. The normalized spacial score (nSPS) is 27.7. The smallest absolute Gasteiger partial charge is 0.119 e. The van der Waals surface area contributed by atoms with Crippen molar-refractivity contribution in [1.82, 2.24) is 0 Å². The largest absolute Gasteiger partial charge is 0.303 e. The zero-order valence-electron chi connectivity index (χ0n) is 10.6. The minimum Gasteiger partial charge on any atom is -0.303 e. The first-order chi connectivity index (χ1) is 7.04. The lowest BCUT2D eigenvalue weighted by atomic mass is 9.69. The summed E-state index contributed by atoms with van der Waals surface area (Å²) in [5.41, 5.74) is 0.494. The summed E-state index contributed by atoms with van der Waals surface area (Å²) in [6, 6.07) is 0. The molecule has 0 bridgehead atoms. The number of carbonyl (C=O) groups excluding carboxylic acids is 1. The van der Waals surface area contributed by atoms with Crippen molar-refractivity contribution in [3.63, 3.8) is 0 Å². The monoisotopic (exact) mass is 210 g/mol. The molecular formula is C14H26O. The standard InChI is InChI=1S/C14H26O/c1-14(2,3)13-9-7-12(8-10-13)6-4-5-11-15/h11-13H,4-10H2,1-3H3. The van der Waals surface area contributed by atoms with E-state index in [9.17, 15) is 4.79 Å². The highest BCUT2D eigenvalue weighted by atomic mass is 16.1. The van der Waals surface area contributed by atoms with Crippen molar-refractivity contribution in [3.05, 3.63) is 0 Å². The van der Waals surface area contributed by atoms with Crippen molar-refractivity contribution in [2.75, 3.05) is 0 Å². The molecule has 0 saturated heterocycles. The predicted octanol–water partition coefficient (Wildman–Crippen LogP) is 4.21. The van der Waals surface area contributed by atoms with E-state index in [2.05, 4.69) is 20.8 Å². The summed E-state index contributed by atoms with van der Waals surface area (Å²) in [6.45, 7) is 7.10. The van der Waals surface area contributed by atoms with E-state index in [0.717, 1.165) is 31.0 Å². The summed E-state index contributed by atoms with van der Waals surface area (Å²) in [7, 11) is 0. The maximum atomic E-state index is 10.2. The van der Waals surface area contributed by atoms with Crippen LogP contribution in [0.15, 0.2) is 0 Å². The van der Waals surface area contributed by atoms with Crippen molar-refractivity contribution in [3.8, 4) is 0 Å². The lowest BCUT2D eigenvalue weighted by Gasteiger charge is -2.37. The van der Waals surface area contributed by atoms with Crippen LogP contribution in [0.2, 0.25) is 0 Å². The summed E-state index contributed by atoms with van der Waals surface area (Å²) in [6.07, 6.45) is 9.77. The van der Waals surface area contributed by atoms with Gasteiger partial charge in [0.15, 0.2) is 0 Å². The average Bonchev–Trinajstić information content (AvgIpc) is 2.18. The van der Waals surface area contributed by atoms with Crippen LogP contribution in [0, 0.1) is 17.3 Å². The van der Waals surface area contributed by atoms with Gasteiger partial charge in [0, 0.05) is 6.42 Å². The third-order valence-electron chi connectivity index (χ3n) is 4.01. The van der Waals surface area contributed by atoms with Gasteiger partial charge < -0.3 is 4.79 Å². The summed E-state index contributed by atoms with van der Waals surface area (Å²) >= 11 is 0. The maximum absolute atomic E-state index is 10.2. The number of carbonyl (C=O) groups is 1. The summed E-state index contributed by atoms with van der Waals surface area (Å²) < 4.78 is 0. The quantitative estimate of drug-likeness (QED) is 0.502. The van der Waals surface area contributed by atoms with Gasteiger partial charge in [-0.1, -0.05) is 40.0 Å². The number of hydrogen-bond donors (Lipinski definition) is 0. The fraction of sp³-hybridized carbons (Fsp3) is 0.929. The van der Waals surface area contributed by atoms with Gasteiger partial charge in [0.2, 0.25) is 0 Å². The topological polar surface area (TPSA) is 17.1 Å². The Balaban J connectivity index is 2.21. The molecule has 0 aliphatic heterocycles. The molecule has 0 aromatic heterocycles. The van der Waals surface area contributed by atoms with Crippen molar-refractivity contribution in [2.45, 2.75) is 65.7 Å². The predicted molar refractivity (Wildman–Crippen MR) is 64.8 cm³/mol. The molecule has 0 aromatic rings. The van der Waals surface area contributed by atoms with Crippen LogP contribution in [0.4, 0.5) is 0 Å². The molecule has 0 aromatic carbocycles. The van der Waals surface area contributed by atoms with Gasteiger partial charge >= 0.3 is 0 Å². The first-order valence-corrected chi connectivity index (χ1v) is 6.47. The molecule has 1 heteroatoms. The Kier molecular flexibility index (Phi) is 4.82. The van der Waals surface area contributed by atoms with Crippen LogP contribution >= 0.6 is 0 Å². The second kappa shape index (κ2) is 5.67. The fourth-order valence-electron chi connectivity index (χ4n) is 2.81. The van der Waals surface area contributed by atoms with Gasteiger partial charge in [0.25, 0.3) is 0 Å². The van der Waals surface area contributed by atoms with Crippen molar-refractivity contribution < 1.29 is 4.79 Å². The molecule has 0 N–H and O–H groups in total. The van der Waals surface area contributed by atoms with Crippen molar-refractivity contribution in [2.24, 2.45) is 17.3 Å². The van der Waals surface area contributed by atoms with Gasteiger partial charge in [-0.15, -0.1) is 0 Å². The number of unbranched alkanes of at least 4 members (excludes halogenated alkanes) is 1. The summed E-state index contributed by atoms with van der Waals surface area (Å²) in [5, 5.41) is 0. The van der Waals surface area contributed by atoms with Crippen LogP contribution < -0.4 is 0 Å². The Morgan fingerprint density at radius 1 is 1.13 bits per heavy atom. The highest BCUT2D eigenvalue weighted by molar-refractivity contribution is 5.48. The van der Waals surface area contributed by atoms with E-state index in [0.29, 0.717) is 5.41 Å². The van der Waals surface area contributed by atoms with Crippen LogP contribution in [0.25, 0.3) is 0 Å². The van der Waals surface area contributed by atoms with E-state index >= 15 is 0 Å². The van der Waals surface area contributed by atoms with Gasteiger partial charge in [0.05, 0.1) is 0 Å². The Bertz CT molecular complexity index is 182. The molecule has 1 saturated carbocycles. The lowest BCUT2D eigenvalue weighted by molar-refractivity contribution is -0.108. The Morgan fingerprint density at radius 3 is 2.20 bits per heavy atom. The van der Waals surface area contributed by atoms with Crippen LogP contribution in [-0.2, 0) is 4.79 Å². The molecule has 1 rings (SSSR count). The molecule has 0 heterocycles. The SMILES string of the molecule is CC(C)(C)C1CCC(CCCC=O)CC1. The second-order valence-corrected chi connectivity index (χ2v) is 6.18. The molecule has 1 nitrogen and oxygen atoms in total. The molecule has 0 radical (unpaired) electrons. The third-order valence-corrected chi connectivity index (χ3v) is 4.01. The second-order valence-electron chi connectivity index (χ2n) is 6.18. The van der Waals surface area contributed by atoms with Gasteiger partial charge in [-0.3, -0.25) is 0 Å². The zero-order chi connectivity index (χ0) is 11.3. The van der Waals surface area contributed by atoms with Crippen LogP contribution in [0.5, 0.6) is 0 Å². The molecule has 1 aliphatic rings. The first kappa shape index (κ1) is 12.7. The zero-order valence-corrected chi connectivity index (χ0v) is 10.6. The molecule has 88 valence electrons. The minimum atomic E-state index is 0.494. The lowest BCUT2D eigenvalue weighted by Crippen LogP contribution is -2.25. The number of hydrogen-bond acceptors (Lipinski definition) is 1. The van der Waals surface area contributed by atoms with E-state index < -0.39 is 0 Å². The molecule has 1 fully saturated rings. The molecule has 1 aliphatic carbocycles. The van der Waals surface area contributed by atoms with Crippen molar-refractivity contribution >= 4 is 6.29 Å². The Morgan fingerprint density at radius 2 is 1.73 bits per heavy atom. The Labute approximate surface area is 94.6 Å². The van der Waals surface area contributed by atoms with Gasteiger partial charge in [-0.2, -0.15) is 0 Å². The minimum absolute atomic E-state index is 0.494. The van der Waals surface area contributed by atoms with E-state index in [-0.39, 0.29) is 0 Å². The highest BCUT2D eigenvalue weighted by Gasteiger charge is 2.29. The van der Waals surface area contributed by atoms with E-state index in [4.69, 9.17) is 0 Å². The molecule has 0 unspecified atom stereocenters. The van der Waals surface area contributed by atoms with Crippen molar-refractivity contribution in [1.29, 1.82) is 0 Å². The van der Waals surface area contributed by atoms with Crippen LogP contribution in [0.3, 0.4) is 0 Å². The van der Waals surface area contributed by atoms with Gasteiger partial charge in [-0.05, 0) is 36.5 Å². The molecule has 15 heavy (non-hydrogen) atoms. The molecule has 0 atom stereocenters. The van der Waals surface area contributed by atoms with Gasteiger partial charge in [-0.25, -0.2) is 0 Å². The fourth-order valence-corrected chi connectivity index (χ4v) is 2.81. The molecule has 0 amide bonds. The average molecular weight is 210 g/mol. The van der Waals surface area contributed by atoms with Crippen LogP contribution in [-0.4, -0.2) is 6.29 Å². The molecular weight excluding hydrogens is 184 g/mol. The van der Waals surface area contributed by atoms with Crippen LogP contribution in [0.1, 0.15) is 65.7 Å². The molecule has 0 spiro atoms. The first-order valence-electron chi connectivity index (χ1n) is 6.47. The number of aldehydes is 1. The number of rotatable bonds is 4.